The quantitative estimate of drug-likeness (QED) is 0.619. The van der Waals surface area contributed by atoms with Crippen LogP contribution in [0.5, 0.6) is 0 Å². The number of aldehydes is 1. The van der Waals surface area contributed by atoms with Crippen LogP contribution in [-0.2, 0) is 4.79 Å². The zero-order valence-electron chi connectivity index (χ0n) is 8.05. The van der Waals surface area contributed by atoms with Gasteiger partial charge in [0.15, 0.2) is 0 Å². The van der Waals surface area contributed by atoms with Crippen LogP contribution in [0.4, 0.5) is 8.78 Å². The van der Waals surface area contributed by atoms with E-state index in [9.17, 15) is 8.78 Å². The largest absolute Gasteiger partial charge is 0.304 e. The van der Waals surface area contributed by atoms with Crippen molar-refractivity contribution in [3.8, 4) is 0 Å². The molecule has 0 heterocycles. The summed E-state index contributed by atoms with van der Waals surface area (Å²) < 4.78 is 23.2. The van der Waals surface area contributed by atoms with Crippen LogP contribution in [0.25, 0.3) is 0 Å². The van der Waals surface area contributed by atoms with E-state index in [1.165, 1.54) is 6.92 Å². The van der Waals surface area contributed by atoms with Crippen molar-refractivity contribution in [3.63, 3.8) is 0 Å². The average Bonchev–Trinajstić information content (AvgIpc) is 1.87. The molecule has 74 valence electrons. The second kappa shape index (κ2) is 8.59. The Kier molecular flexibility index (Phi) is 10.0. The highest BCUT2D eigenvalue weighted by Crippen LogP contribution is 1.99. The molecule has 0 N–H and O–H groups in total. The highest BCUT2D eigenvalue weighted by Gasteiger charge is 2.09. The van der Waals surface area contributed by atoms with Crippen LogP contribution in [0.2, 0.25) is 0 Å². The number of carbonyl (C=O) groups is 1. The fraction of sp³-hybridized carbons (Fsp3) is 0.875. The monoisotopic (exact) mass is 181 g/mol. The Balaban J connectivity index is 0. The van der Waals surface area contributed by atoms with Gasteiger partial charge in [-0.2, -0.15) is 0 Å². The molecule has 4 heteroatoms. The van der Waals surface area contributed by atoms with Crippen molar-refractivity contribution in [1.29, 1.82) is 0 Å². The molecular formula is C8H17F2NO. The molecule has 0 rings (SSSR count). The summed E-state index contributed by atoms with van der Waals surface area (Å²) in [5.74, 6) is 0. The molecule has 0 spiro atoms. The summed E-state index contributed by atoms with van der Waals surface area (Å²) in [6.45, 7) is 5.10. The Morgan fingerprint density at radius 3 is 1.83 bits per heavy atom. The first-order chi connectivity index (χ1) is 5.45. The minimum absolute atomic E-state index is 0.127. The first-order valence-corrected chi connectivity index (χ1v) is 3.83. The first-order valence-electron chi connectivity index (χ1n) is 3.83. The van der Waals surface area contributed by atoms with Gasteiger partial charge in [0.1, 0.15) is 6.29 Å². The predicted octanol–water partition coefficient (Wildman–Crippen LogP) is 1.80. The van der Waals surface area contributed by atoms with Crippen LogP contribution in [0.15, 0.2) is 0 Å². The van der Waals surface area contributed by atoms with E-state index in [2.05, 4.69) is 0 Å². The molecule has 0 saturated heterocycles. The minimum Gasteiger partial charge on any atom is -0.304 e. The van der Waals surface area contributed by atoms with Crippen molar-refractivity contribution in [2.45, 2.75) is 33.2 Å². The predicted molar refractivity (Wildman–Crippen MR) is 45.5 cm³/mol. The highest BCUT2D eigenvalue weighted by atomic mass is 19.3. The highest BCUT2D eigenvalue weighted by molar-refractivity contribution is 5.44. The summed E-state index contributed by atoms with van der Waals surface area (Å²) in [6.07, 6.45) is -1.46. The summed E-state index contributed by atoms with van der Waals surface area (Å²) in [6, 6.07) is 0.207. The van der Waals surface area contributed by atoms with Gasteiger partial charge in [-0.25, -0.2) is 8.78 Å². The SMILES string of the molecule is CC(C)N(C)CC(F)F.CC=O. The van der Waals surface area contributed by atoms with Gasteiger partial charge in [-0.15, -0.1) is 0 Å². The lowest BCUT2D eigenvalue weighted by Gasteiger charge is -2.19. The first kappa shape index (κ1) is 14.0. The summed E-state index contributed by atoms with van der Waals surface area (Å²) in [5.41, 5.74) is 0. The Hall–Kier alpha value is -0.510. The number of carbonyl (C=O) groups excluding carboxylic acids is 1. The van der Waals surface area contributed by atoms with E-state index in [1.807, 2.05) is 13.8 Å². The maximum Gasteiger partial charge on any atom is 0.251 e. The average molecular weight is 181 g/mol. The minimum atomic E-state index is -2.21. The van der Waals surface area contributed by atoms with E-state index in [-0.39, 0.29) is 12.6 Å². The summed E-state index contributed by atoms with van der Waals surface area (Å²) in [4.78, 5) is 10.4. The molecule has 0 amide bonds. The molecule has 0 fully saturated rings. The molecule has 0 aliphatic heterocycles. The van der Waals surface area contributed by atoms with Crippen molar-refractivity contribution < 1.29 is 13.6 Å². The van der Waals surface area contributed by atoms with Crippen LogP contribution in [0.3, 0.4) is 0 Å². The van der Waals surface area contributed by atoms with E-state index >= 15 is 0 Å². The number of rotatable bonds is 3. The van der Waals surface area contributed by atoms with E-state index in [1.54, 1.807) is 11.9 Å². The summed E-state index contributed by atoms with van der Waals surface area (Å²) in [5, 5.41) is 0. The molecule has 0 saturated carbocycles. The van der Waals surface area contributed by atoms with Gasteiger partial charge in [-0.05, 0) is 27.8 Å². The zero-order valence-corrected chi connectivity index (χ0v) is 8.05. The molecule has 2 nitrogen and oxygen atoms in total. The molecular weight excluding hydrogens is 164 g/mol. The van der Waals surface area contributed by atoms with E-state index in [0.717, 1.165) is 6.29 Å². The van der Waals surface area contributed by atoms with Gasteiger partial charge in [0.2, 0.25) is 0 Å². The molecule has 12 heavy (non-hydrogen) atoms. The van der Waals surface area contributed by atoms with E-state index < -0.39 is 6.43 Å². The van der Waals surface area contributed by atoms with Crippen molar-refractivity contribution >= 4 is 6.29 Å². The zero-order chi connectivity index (χ0) is 10.1. The second-order valence-corrected chi connectivity index (χ2v) is 2.66. The number of nitrogens with zero attached hydrogens (tertiary/aromatic N) is 1. The van der Waals surface area contributed by atoms with Gasteiger partial charge in [-0.3, -0.25) is 4.90 Å². The van der Waals surface area contributed by atoms with Crippen LogP contribution in [0, 0.1) is 0 Å². The van der Waals surface area contributed by atoms with Gasteiger partial charge in [0.05, 0.1) is 6.54 Å². The molecule has 0 aliphatic carbocycles. The third-order valence-electron chi connectivity index (χ3n) is 1.31. The van der Waals surface area contributed by atoms with Gasteiger partial charge in [0, 0.05) is 6.04 Å². The van der Waals surface area contributed by atoms with Crippen molar-refractivity contribution in [1.82, 2.24) is 4.90 Å². The standard InChI is InChI=1S/C6H13F2N.C2H4O/c1-5(2)9(3)4-6(7)8;1-2-3/h5-6H,4H2,1-3H3;2H,1H3. The van der Waals surface area contributed by atoms with Crippen LogP contribution >= 0.6 is 0 Å². The fourth-order valence-corrected chi connectivity index (χ4v) is 0.429. The summed E-state index contributed by atoms with van der Waals surface area (Å²) in [7, 11) is 1.69. The Labute approximate surface area is 72.6 Å². The molecule has 0 bridgehead atoms. The Morgan fingerprint density at radius 2 is 1.75 bits per heavy atom. The Bertz CT molecular complexity index is 107. The van der Waals surface area contributed by atoms with Crippen LogP contribution < -0.4 is 0 Å². The van der Waals surface area contributed by atoms with Gasteiger partial charge in [-0.1, -0.05) is 0 Å². The summed E-state index contributed by atoms with van der Waals surface area (Å²) >= 11 is 0. The van der Waals surface area contributed by atoms with Crippen molar-refractivity contribution in [2.24, 2.45) is 0 Å². The smallest absolute Gasteiger partial charge is 0.251 e. The fourth-order valence-electron chi connectivity index (χ4n) is 0.429. The lowest BCUT2D eigenvalue weighted by molar-refractivity contribution is -0.106. The lowest BCUT2D eigenvalue weighted by Crippen LogP contribution is -2.30. The third kappa shape index (κ3) is 12.2. The van der Waals surface area contributed by atoms with Crippen molar-refractivity contribution in [3.05, 3.63) is 0 Å². The molecule has 0 aromatic carbocycles. The van der Waals surface area contributed by atoms with Crippen LogP contribution in [0.1, 0.15) is 20.8 Å². The van der Waals surface area contributed by atoms with Gasteiger partial charge in [0.25, 0.3) is 6.43 Å². The number of alkyl halides is 2. The molecule has 0 aliphatic rings. The van der Waals surface area contributed by atoms with Gasteiger partial charge >= 0.3 is 0 Å². The molecule has 0 atom stereocenters. The van der Waals surface area contributed by atoms with Gasteiger partial charge < -0.3 is 4.79 Å². The maximum atomic E-state index is 11.6. The van der Waals surface area contributed by atoms with Crippen molar-refractivity contribution in [2.75, 3.05) is 13.6 Å². The third-order valence-corrected chi connectivity index (χ3v) is 1.31. The number of hydrogen-bond acceptors (Lipinski definition) is 2. The maximum absolute atomic E-state index is 11.6. The topological polar surface area (TPSA) is 20.3 Å². The number of hydrogen-bond donors (Lipinski definition) is 0. The second-order valence-electron chi connectivity index (χ2n) is 2.66. The normalized spacial score (nSPS) is 10.1. The molecule has 0 unspecified atom stereocenters. The molecule has 0 aromatic rings. The molecule has 0 aromatic heterocycles. The Morgan fingerprint density at radius 1 is 1.42 bits per heavy atom. The number of halogens is 2. The van der Waals surface area contributed by atoms with Crippen LogP contribution in [-0.4, -0.2) is 37.2 Å². The van der Waals surface area contributed by atoms with E-state index in [4.69, 9.17) is 4.79 Å². The van der Waals surface area contributed by atoms with E-state index in [0.29, 0.717) is 0 Å². The lowest BCUT2D eigenvalue weighted by atomic mass is 10.3. The molecule has 0 radical (unpaired) electrons.